The van der Waals surface area contributed by atoms with Gasteiger partial charge in [0.15, 0.2) is 0 Å². The minimum atomic E-state index is -4.26. The van der Waals surface area contributed by atoms with Crippen LogP contribution in [-0.2, 0) is 4.57 Å². The quantitative estimate of drug-likeness (QED) is 0.667. The van der Waals surface area contributed by atoms with Crippen molar-refractivity contribution in [2.45, 2.75) is 38.3 Å². The zero-order valence-corrected chi connectivity index (χ0v) is 8.91. The van der Waals surface area contributed by atoms with Crippen LogP contribution in [-0.4, -0.2) is 18.5 Å². The minimum Gasteiger partial charge on any atom is -0.166 e. The van der Waals surface area contributed by atoms with Crippen molar-refractivity contribution in [3.05, 3.63) is 0 Å². The first-order valence-electron chi connectivity index (χ1n) is 4.96. The van der Waals surface area contributed by atoms with E-state index in [4.69, 9.17) is 0 Å². The van der Waals surface area contributed by atoms with Gasteiger partial charge in [0, 0.05) is 5.92 Å². The molecule has 82 valence electrons. The van der Waals surface area contributed by atoms with Gasteiger partial charge in [-0.2, -0.15) is 13.2 Å². The molecule has 0 spiro atoms. The Morgan fingerprint density at radius 1 is 1.14 bits per heavy atom. The van der Waals surface area contributed by atoms with Gasteiger partial charge < -0.3 is 0 Å². The monoisotopic (exact) mass is 227 g/mol. The molecule has 0 N–H and O–H groups in total. The standard InChI is InChI=1S/C9H15F3OP/c10-9(11,12)7-14(13)6-8-4-2-1-3-5-8/h8H,1-7H2/q+1. The maximum atomic E-state index is 11.9. The van der Waals surface area contributed by atoms with Crippen LogP contribution in [0.3, 0.4) is 0 Å². The Hall–Kier alpha value is -0.110. The molecule has 1 aliphatic carbocycles. The zero-order valence-electron chi connectivity index (χ0n) is 8.02. The topological polar surface area (TPSA) is 17.1 Å². The third kappa shape index (κ3) is 4.94. The summed E-state index contributed by atoms with van der Waals surface area (Å²) in [4.78, 5) is 0. The van der Waals surface area contributed by atoms with E-state index in [9.17, 15) is 17.7 Å². The number of alkyl halides is 3. The van der Waals surface area contributed by atoms with Gasteiger partial charge >= 0.3 is 14.0 Å². The highest BCUT2D eigenvalue weighted by Gasteiger charge is 2.39. The molecule has 1 aliphatic rings. The van der Waals surface area contributed by atoms with Gasteiger partial charge in [0.05, 0.1) is 0 Å². The van der Waals surface area contributed by atoms with E-state index >= 15 is 0 Å². The molecule has 0 amide bonds. The van der Waals surface area contributed by atoms with Gasteiger partial charge in [-0.05, 0) is 12.8 Å². The maximum Gasteiger partial charge on any atom is 0.432 e. The Morgan fingerprint density at radius 3 is 2.21 bits per heavy atom. The molecule has 1 fully saturated rings. The number of hydrogen-bond acceptors (Lipinski definition) is 1. The molecule has 0 aromatic heterocycles. The van der Waals surface area contributed by atoms with Crippen LogP contribution < -0.4 is 0 Å². The number of rotatable bonds is 3. The number of hydrogen-bond donors (Lipinski definition) is 0. The highest BCUT2D eigenvalue weighted by molar-refractivity contribution is 7.44. The normalized spacial score (nSPS) is 20.9. The predicted molar refractivity (Wildman–Crippen MR) is 50.0 cm³/mol. The first-order valence-corrected chi connectivity index (χ1v) is 6.59. The molecule has 0 aliphatic heterocycles. The first-order chi connectivity index (χ1) is 6.47. The predicted octanol–water partition coefficient (Wildman–Crippen LogP) is 3.96. The second kappa shape index (κ2) is 5.11. The van der Waals surface area contributed by atoms with Crippen LogP contribution in [0.15, 0.2) is 0 Å². The summed E-state index contributed by atoms with van der Waals surface area (Å²) in [6.45, 7) is 0. The largest absolute Gasteiger partial charge is 0.432 e. The summed E-state index contributed by atoms with van der Waals surface area (Å²) in [5.74, 6) is 0.273. The Kier molecular flexibility index (Phi) is 4.36. The van der Waals surface area contributed by atoms with E-state index in [1.807, 2.05) is 0 Å². The van der Waals surface area contributed by atoms with E-state index in [2.05, 4.69) is 0 Å². The van der Waals surface area contributed by atoms with E-state index in [1.165, 1.54) is 6.42 Å². The molecule has 1 nitrogen and oxygen atoms in total. The van der Waals surface area contributed by atoms with Crippen molar-refractivity contribution >= 4 is 7.80 Å². The summed E-state index contributed by atoms with van der Waals surface area (Å²) >= 11 is 0. The average molecular weight is 227 g/mol. The molecule has 1 unspecified atom stereocenters. The van der Waals surface area contributed by atoms with E-state index in [0.29, 0.717) is 0 Å². The van der Waals surface area contributed by atoms with Crippen LogP contribution in [0.25, 0.3) is 0 Å². The zero-order chi connectivity index (χ0) is 10.6. The SMILES string of the molecule is O=[P+](CC1CCCCC1)CC(F)(F)F. The Bertz CT molecular complexity index is 197. The van der Waals surface area contributed by atoms with Crippen LogP contribution in [0.5, 0.6) is 0 Å². The fourth-order valence-electron chi connectivity index (χ4n) is 1.92. The molecule has 1 rings (SSSR count). The van der Waals surface area contributed by atoms with Gasteiger partial charge in [-0.1, -0.05) is 23.8 Å². The summed E-state index contributed by atoms with van der Waals surface area (Å²) in [6.07, 6.45) is 0.167. The summed E-state index contributed by atoms with van der Waals surface area (Å²) in [5.41, 5.74) is 0. The lowest BCUT2D eigenvalue weighted by atomic mass is 9.91. The van der Waals surface area contributed by atoms with E-state index in [1.54, 1.807) is 0 Å². The van der Waals surface area contributed by atoms with Gasteiger partial charge in [-0.25, -0.2) is 0 Å². The van der Waals surface area contributed by atoms with Crippen molar-refractivity contribution < 1.29 is 17.7 Å². The Labute approximate surface area is 82.9 Å². The van der Waals surface area contributed by atoms with Crippen LogP contribution in [0.2, 0.25) is 0 Å². The molecular weight excluding hydrogens is 212 g/mol. The molecule has 1 atom stereocenters. The second-order valence-electron chi connectivity index (χ2n) is 3.94. The smallest absolute Gasteiger partial charge is 0.166 e. The van der Waals surface area contributed by atoms with Crippen molar-refractivity contribution in [1.29, 1.82) is 0 Å². The van der Waals surface area contributed by atoms with Crippen LogP contribution in [0.1, 0.15) is 32.1 Å². The third-order valence-electron chi connectivity index (χ3n) is 2.54. The Balaban J connectivity index is 2.25. The molecule has 5 heteroatoms. The second-order valence-corrected chi connectivity index (χ2v) is 5.59. The molecule has 14 heavy (non-hydrogen) atoms. The highest BCUT2D eigenvalue weighted by atomic mass is 31.1. The average Bonchev–Trinajstić information content (AvgIpc) is 2.02. The van der Waals surface area contributed by atoms with Crippen LogP contribution >= 0.6 is 7.80 Å². The van der Waals surface area contributed by atoms with E-state index < -0.39 is 20.1 Å². The Morgan fingerprint density at radius 2 is 1.71 bits per heavy atom. The molecule has 1 saturated carbocycles. The van der Waals surface area contributed by atoms with Gasteiger partial charge in [-0.15, -0.1) is 0 Å². The molecule has 0 saturated heterocycles. The summed E-state index contributed by atoms with van der Waals surface area (Å²) in [5, 5.41) is 0. The van der Waals surface area contributed by atoms with Crippen LogP contribution in [0.4, 0.5) is 13.2 Å². The molecule has 0 radical (unpaired) electrons. The van der Waals surface area contributed by atoms with Crippen molar-refractivity contribution in [3.8, 4) is 0 Å². The summed E-state index contributed by atoms with van der Waals surface area (Å²) < 4.78 is 46.8. The van der Waals surface area contributed by atoms with Gasteiger partial charge in [0.25, 0.3) is 0 Å². The third-order valence-corrected chi connectivity index (χ3v) is 4.18. The van der Waals surface area contributed by atoms with Crippen molar-refractivity contribution in [3.63, 3.8) is 0 Å². The van der Waals surface area contributed by atoms with E-state index in [-0.39, 0.29) is 12.1 Å². The lowest BCUT2D eigenvalue weighted by molar-refractivity contribution is -0.106. The summed E-state index contributed by atoms with van der Waals surface area (Å²) in [7, 11) is -2.07. The first kappa shape index (κ1) is 12.0. The number of halogens is 3. The minimum absolute atomic E-state index is 0.273. The summed E-state index contributed by atoms with van der Waals surface area (Å²) in [6, 6.07) is 0. The molecule has 0 aromatic carbocycles. The highest BCUT2D eigenvalue weighted by Crippen LogP contribution is 2.36. The van der Waals surface area contributed by atoms with Gasteiger partial charge in [-0.3, -0.25) is 0 Å². The van der Waals surface area contributed by atoms with E-state index in [0.717, 1.165) is 25.7 Å². The van der Waals surface area contributed by atoms with Crippen molar-refractivity contribution in [2.75, 3.05) is 12.3 Å². The van der Waals surface area contributed by atoms with Crippen molar-refractivity contribution in [2.24, 2.45) is 5.92 Å². The molecule has 0 heterocycles. The van der Waals surface area contributed by atoms with Crippen molar-refractivity contribution in [1.82, 2.24) is 0 Å². The lowest BCUT2D eigenvalue weighted by Gasteiger charge is -2.17. The molecular formula is C9H15F3OP+. The van der Waals surface area contributed by atoms with Gasteiger partial charge in [0.2, 0.25) is 6.16 Å². The fraction of sp³-hybridized carbons (Fsp3) is 1.00. The lowest BCUT2D eigenvalue weighted by Crippen LogP contribution is -2.15. The fourth-order valence-corrected chi connectivity index (χ4v) is 3.39. The van der Waals surface area contributed by atoms with Gasteiger partial charge in [0.1, 0.15) is 6.16 Å². The molecule has 0 aromatic rings. The van der Waals surface area contributed by atoms with Crippen LogP contribution in [0, 0.1) is 5.92 Å². The maximum absolute atomic E-state index is 11.9. The molecule has 0 bridgehead atoms.